The zero-order valence-electron chi connectivity index (χ0n) is 7.57. The molecule has 0 atom stereocenters. The van der Waals surface area contributed by atoms with E-state index in [1.165, 1.54) is 0 Å². The molecule has 3 heteroatoms. The Hall–Kier alpha value is -1.38. The third kappa shape index (κ3) is 1.69. The van der Waals surface area contributed by atoms with Crippen LogP contribution in [-0.2, 0) is 0 Å². The zero-order chi connectivity index (χ0) is 9.10. The fourth-order valence-electron chi connectivity index (χ4n) is 1.30. The highest BCUT2D eigenvalue weighted by Gasteiger charge is 2.29. The van der Waals surface area contributed by atoms with E-state index in [1.54, 1.807) is 0 Å². The van der Waals surface area contributed by atoms with Crippen molar-refractivity contribution in [1.82, 2.24) is 0 Å². The maximum Gasteiger partial charge on any atom is 0.598 e. The molecule has 0 saturated carbocycles. The Balaban J connectivity index is 2.05. The summed E-state index contributed by atoms with van der Waals surface area (Å²) < 4.78 is 11.1. The topological polar surface area (TPSA) is 18.5 Å². The number of fused-ring (bicyclic) bond motifs is 1. The van der Waals surface area contributed by atoms with E-state index in [-0.39, 0.29) is 7.12 Å². The van der Waals surface area contributed by atoms with E-state index in [1.807, 2.05) is 43.3 Å². The van der Waals surface area contributed by atoms with Crippen LogP contribution in [0.3, 0.4) is 0 Å². The summed E-state index contributed by atoms with van der Waals surface area (Å²) in [5.74, 6) is 1.69. The number of benzene rings is 1. The van der Waals surface area contributed by atoms with E-state index in [9.17, 15) is 0 Å². The smallest absolute Gasteiger partial charge is 0.523 e. The van der Waals surface area contributed by atoms with Gasteiger partial charge in [0.15, 0.2) is 0 Å². The third-order valence-corrected chi connectivity index (χ3v) is 1.93. The molecule has 0 fully saturated rings. The molecule has 0 unspecified atom stereocenters. The van der Waals surface area contributed by atoms with Gasteiger partial charge >= 0.3 is 7.12 Å². The minimum atomic E-state index is -0.145. The van der Waals surface area contributed by atoms with Crippen molar-refractivity contribution in [2.24, 2.45) is 0 Å². The molecule has 0 saturated heterocycles. The predicted octanol–water partition coefficient (Wildman–Crippen LogP) is 2.52. The first-order chi connectivity index (χ1) is 6.40. The summed E-state index contributed by atoms with van der Waals surface area (Å²) in [7, 11) is -0.145. The summed E-state index contributed by atoms with van der Waals surface area (Å²) in [6, 6.07) is 7.73. The first-order valence-corrected chi connectivity index (χ1v) is 4.43. The maximum absolute atomic E-state index is 5.54. The molecule has 1 aliphatic rings. The van der Waals surface area contributed by atoms with Gasteiger partial charge in [0.2, 0.25) is 0 Å². The van der Waals surface area contributed by atoms with Crippen LogP contribution in [0.25, 0.3) is 0 Å². The molecule has 0 bridgehead atoms. The van der Waals surface area contributed by atoms with Gasteiger partial charge in [0.25, 0.3) is 0 Å². The lowest BCUT2D eigenvalue weighted by atomic mass is 9.85. The van der Waals surface area contributed by atoms with Crippen LogP contribution < -0.4 is 9.31 Å². The molecule has 0 spiro atoms. The quantitative estimate of drug-likeness (QED) is 0.506. The third-order valence-electron chi connectivity index (χ3n) is 1.93. The fraction of sp³-hybridized carbons (Fsp3) is 0.200. The molecule has 0 aliphatic carbocycles. The molecule has 13 heavy (non-hydrogen) atoms. The van der Waals surface area contributed by atoms with Crippen LogP contribution in [0.15, 0.2) is 36.4 Å². The second-order valence-corrected chi connectivity index (χ2v) is 2.92. The summed E-state index contributed by atoms with van der Waals surface area (Å²) in [5.41, 5.74) is 0. The lowest BCUT2D eigenvalue weighted by Crippen LogP contribution is -2.22. The van der Waals surface area contributed by atoms with E-state index in [2.05, 4.69) is 0 Å². The van der Waals surface area contributed by atoms with Crippen molar-refractivity contribution in [1.29, 1.82) is 0 Å². The number of allylic oxidation sites excluding steroid dienone is 2. The molecule has 0 aromatic heterocycles. The van der Waals surface area contributed by atoms with Crippen LogP contribution >= 0.6 is 0 Å². The largest absolute Gasteiger partial charge is 0.598 e. The molecular weight excluding hydrogens is 163 g/mol. The normalized spacial score (nSPS) is 14.1. The van der Waals surface area contributed by atoms with Gasteiger partial charge in [-0.15, -0.1) is 0 Å². The van der Waals surface area contributed by atoms with Crippen LogP contribution in [0.2, 0.25) is 6.32 Å². The van der Waals surface area contributed by atoms with Gasteiger partial charge in [-0.2, -0.15) is 0 Å². The average Bonchev–Trinajstić information content (AvgIpc) is 2.57. The lowest BCUT2D eigenvalue weighted by molar-refractivity contribution is 0.503. The number of para-hydroxylation sites is 2. The van der Waals surface area contributed by atoms with Crippen LogP contribution in [0.1, 0.15) is 6.92 Å². The Kier molecular flexibility index (Phi) is 2.26. The van der Waals surface area contributed by atoms with Crippen molar-refractivity contribution >= 4 is 7.12 Å². The number of hydrogen-bond donors (Lipinski definition) is 0. The first-order valence-electron chi connectivity index (χ1n) is 4.43. The van der Waals surface area contributed by atoms with Crippen molar-refractivity contribution in [3.63, 3.8) is 0 Å². The fourth-order valence-corrected chi connectivity index (χ4v) is 1.30. The molecule has 66 valence electrons. The van der Waals surface area contributed by atoms with Crippen molar-refractivity contribution < 1.29 is 9.31 Å². The van der Waals surface area contributed by atoms with E-state index in [0.717, 1.165) is 17.8 Å². The Morgan fingerprint density at radius 1 is 1.23 bits per heavy atom. The Labute approximate surface area is 78.3 Å². The van der Waals surface area contributed by atoms with Gasteiger partial charge in [-0.05, 0) is 19.1 Å². The van der Waals surface area contributed by atoms with Gasteiger partial charge in [0.1, 0.15) is 11.5 Å². The Morgan fingerprint density at radius 2 is 1.85 bits per heavy atom. The highest BCUT2D eigenvalue weighted by atomic mass is 16.6. The van der Waals surface area contributed by atoms with Crippen LogP contribution in [-0.4, -0.2) is 7.12 Å². The van der Waals surface area contributed by atoms with Gasteiger partial charge in [0.05, 0.1) is 0 Å². The van der Waals surface area contributed by atoms with Gasteiger partial charge in [0, 0.05) is 6.32 Å². The Bertz CT molecular complexity index is 297. The Morgan fingerprint density at radius 3 is 2.38 bits per heavy atom. The minimum Gasteiger partial charge on any atom is -0.523 e. The molecule has 1 aromatic carbocycles. The molecule has 1 aliphatic heterocycles. The number of hydrogen-bond acceptors (Lipinski definition) is 2. The summed E-state index contributed by atoms with van der Waals surface area (Å²) in [5, 5.41) is 0. The monoisotopic (exact) mass is 174 g/mol. The molecular formula is C10H11BO2. The lowest BCUT2D eigenvalue weighted by Gasteiger charge is -1.99. The van der Waals surface area contributed by atoms with Crippen LogP contribution in [0, 0.1) is 0 Å². The van der Waals surface area contributed by atoms with Gasteiger partial charge < -0.3 is 9.31 Å². The zero-order valence-corrected chi connectivity index (χ0v) is 7.57. The van der Waals surface area contributed by atoms with Crippen molar-refractivity contribution in [2.45, 2.75) is 13.2 Å². The molecule has 2 rings (SSSR count). The standard InChI is InChI=1S/C10H11BO2/c1-2-3-8-11-12-9-6-4-5-7-10(9)13-11/h2-7H,8H2,1H3/b3-2-. The van der Waals surface area contributed by atoms with Crippen molar-refractivity contribution in [3.8, 4) is 11.5 Å². The van der Waals surface area contributed by atoms with E-state index >= 15 is 0 Å². The maximum atomic E-state index is 5.54. The molecule has 0 N–H and O–H groups in total. The second-order valence-electron chi connectivity index (χ2n) is 2.92. The van der Waals surface area contributed by atoms with E-state index < -0.39 is 0 Å². The van der Waals surface area contributed by atoms with Gasteiger partial charge in [-0.3, -0.25) is 0 Å². The highest BCUT2D eigenvalue weighted by Crippen LogP contribution is 2.33. The van der Waals surface area contributed by atoms with Crippen molar-refractivity contribution in [2.75, 3.05) is 0 Å². The molecule has 1 aromatic rings. The predicted molar refractivity (Wildman–Crippen MR) is 53.1 cm³/mol. The first kappa shape index (κ1) is 8.23. The minimum absolute atomic E-state index is 0.145. The molecule has 2 nitrogen and oxygen atoms in total. The van der Waals surface area contributed by atoms with Crippen LogP contribution in [0.4, 0.5) is 0 Å². The molecule has 0 amide bonds. The second kappa shape index (κ2) is 3.56. The highest BCUT2D eigenvalue weighted by molar-refractivity contribution is 6.48. The summed E-state index contributed by atoms with van der Waals surface area (Å²) in [6.45, 7) is 1.99. The SMILES string of the molecule is C/C=C\CB1Oc2ccccc2O1. The van der Waals surface area contributed by atoms with E-state index in [4.69, 9.17) is 9.31 Å². The molecule has 0 radical (unpaired) electrons. The van der Waals surface area contributed by atoms with Gasteiger partial charge in [-0.1, -0.05) is 24.3 Å². The van der Waals surface area contributed by atoms with Gasteiger partial charge in [-0.25, -0.2) is 0 Å². The summed E-state index contributed by atoms with van der Waals surface area (Å²) in [6.07, 6.45) is 4.83. The van der Waals surface area contributed by atoms with Crippen LogP contribution in [0.5, 0.6) is 11.5 Å². The van der Waals surface area contributed by atoms with E-state index in [0.29, 0.717) is 0 Å². The average molecular weight is 174 g/mol. The molecule has 1 heterocycles. The summed E-state index contributed by atoms with van der Waals surface area (Å²) >= 11 is 0. The number of rotatable bonds is 2. The summed E-state index contributed by atoms with van der Waals surface area (Å²) in [4.78, 5) is 0. The van der Waals surface area contributed by atoms with Crippen molar-refractivity contribution in [3.05, 3.63) is 36.4 Å².